The van der Waals surface area contributed by atoms with Gasteiger partial charge in [0.25, 0.3) is 5.69 Å². The molecule has 5 nitrogen and oxygen atoms in total. The maximum atomic E-state index is 12.0. The van der Waals surface area contributed by atoms with Gasteiger partial charge < -0.3 is 5.11 Å². The van der Waals surface area contributed by atoms with Crippen molar-refractivity contribution in [3.8, 4) is 0 Å². The molecule has 1 aliphatic rings. The molecule has 0 bridgehead atoms. The Labute approximate surface area is 147 Å². The van der Waals surface area contributed by atoms with Gasteiger partial charge in [0.1, 0.15) is 0 Å². The number of aliphatic carboxylic acids is 1. The van der Waals surface area contributed by atoms with Crippen LogP contribution >= 0.6 is 15.9 Å². The van der Waals surface area contributed by atoms with Crippen LogP contribution in [0.5, 0.6) is 0 Å². The molecule has 1 N–H and O–H groups in total. The Hall–Kier alpha value is -2.21. The SMILES string of the molecule is CC[C@@]1(C(=O)O)[C@@H](c2ccccc2)[C@@H]1c1ccc([N+](=O)[O-])c(Br)c1. The van der Waals surface area contributed by atoms with Gasteiger partial charge in [-0.3, -0.25) is 14.9 Å². The van der Waals surface area contributed by atoms with Crippen molar-refractivity contribution in [2.45, 2.75) is 25.2 Å². The van der Waals surface area contributed by atoms with E-state index in [1.54, 1.807) is 12.1 Å². The van der Waals surface area contributed by atoms with Crippen LogP contribution in [0.1, 0.15) is 36.3 Å². The molecule has 2 aromatic carbocycles. The summed E-state index contributed by atoms with van der Waals surface area (Å²) < 4.78 is 0.374. The molecule has 2 aromatic rings. The normalized spacial score (nSPS) is 25.2. The van der Waals surface area contributed by atoms with Gasteiger partial charge in [-0.1, -0.05) is 43.3 Å². The van der Waals surface area contributed by atoms with Crippen molar-refractivity contribution >= 4 is 27.6 Å². The van der Waals surface area contributed by atoms with Gasteiger partial charge in [0.15, 0.2) is 0 Å². The monoisotopic (exact) mass is 389 g/mol. The first kappa shape index (κ1) is 16.6. The lowest BCUT2D eigenvalue weighted by Gasteiger charge is -2.10. The zero-order valence-corrected chi connectivity index (χ0v) is 14.6. The van der Waals surface area contributed by atoms with Crippen LogP contribution in [0.4, 0.5) is 5.69 Å². The Morgan fingerprint density at radius 3 is 2.33 bits per heavy atom. The van der Waals surface area contributed by atoms with Crippen LogP contribution in [0.3, 0.4) is 0 Å². The van der Waals surface area contributed by atoms with E-state index < -0.39 is 16.3 Å². The first-order chi connectivity index (χ1) is 11.4. The second-order valence-electron chi connectivity index (χ2n) is 6.03. The molecule has 124 valence electrons. The lowest BCUT2D eigenvalue weighted by atomic mass is 9.94. The highest BCUT2D eigenvalue weighted by atomic mass is 79.9. The van der Waals surface area contributed by atoms with Gasteiger partial charge in [-0.15, -0.1) is 0 Å². The first-order valence-electron chi connectivity index (χ1n) is 7.65. The van der Waals surface area contributed by atoms with Gasteiger partial charge in [-0.05, 0) is 39.5 Å². The average molecular weight is 390 g/mol. The highest BCUT2D eigenvalue weighted by Gasteiger charge is 2.69. The van der Waals surface area contributed by atoms with Gasteiger partial charge in [0.2, 0.25) is 0 Å². The standard InChI is InChI=1S/C18H16BrNO4/c1-2-18(17(21)22)15(11-6-4-3-5-7-11)16(18)12-8-9-14(20(23)24)13(19)10-12/h3-10,15-16H,2H2,1H3,(H,21,22)/t15-,16-,18+/m0/s1. The van der Waals surface area contributed by atoms with E-state index in [0.717, 1.165) is 11.1 Å². The minimum Gasteiger partial charge on any atom is -0.481 e. The zero-order valence-electron chi connectivity index (χ0n) is 13.0. The summed E-state index contributed by atoms with van der Waals surface area (Å²) in [5.74, 6) is -1.15. The molecule has 0 aliphatic heterocycles. The Bertz CT molecular complexity index is 808. The van der Waals surface area contributed by atoms with Crippen molar-refractivity contribution < 1.29 is 14.8 Å². The maximum Gasteiger partial charge on any atom is 0.310 e. The van der Waals surface area contributed by atoms with Crippen LogP contribution in [0.2, 0.25) is 0 Å². The van der Waals surface area contributed by atoms with E-state index in [-0.39, 0.29) is 17.5 Å². The number of hydrogen-bond donors (Lipinski definition) is 1. The molecule has 1 saturated carbocycles. The third-order valence-corrected chi connectivity index (χ3v) is 5.64. The second-order valence-corrected chi connectivity index (χ2v) is 6.89. The van der Waals surface area contributed by atoms with E-state index >= 15 is 0 Å². The largest absolute Gasteiger partial charge is 0.481 e. The number of nitro benzene ring substituents is 1. The average Bonchev–Trinajstić information content (AvgIpc) is 3.25. The van der Waals surface area contributed by atoms with Crippen molar-refractivity contribution in [2.75, 3.05) is 0 Å². The summed E-state index contributed by atoms with van der Waals surface area (Å²) in [7, 11) is 0. The van der Waals surface area contributed by atoms with E-state index in [4.69, 9.17) is 0 Å². The molecule has 24 heavy (non-hydrogen) atoms. The molecular formula is C18H16BrNO4. The minimum absolute atomic E-state index is 0.0203. The van der Waals surface area contributed by atoms with Crippen LogP contribution in [0, 0.1) is 15.5 Å². The fraction of sp³-hybridized carbons (Fsp3) is 0.278. The first-order valence-corrected chi connectivity index (χ1v) is 8.45. The molecule has 0 aromatic heterocycles. The van der Waals surface area contributed by atoms with Crippen molar-refractivity contribution in [3.05, 3.63) is 74.2 Å². The quantitative estimate of drug-likeness (QED) is 0.592. The van der Waals surface area contributed by atoms with Gasteiger partial charge in [0, 0.05) is 17.9 Å². The molecule has 0 heterocycles. The van der Waals surface area contributed by atoms with Crippen molar-refractivity contribution in [1.29, 1.82) is 0 Å². The lowest BCUT2D eigenvalue weighted by Crippen LogP contribution is -2.17. The summed E-state index contributed by atoms with van der Waals surface area (Å²) in [5.41, 5.74) is 0.914. The number of hydrogen-bond acceptors (Lipinski definition) is 3. The van der Waals surface area contributed by atoms with Crippen LogP contribution in [0.15, 0.2) is 53.0 Å². The molecule has 3 rings (SSSR count). The maximum absolute atomic E-state index is 12.0. The topological polar surface area (TPSA) is 80.4 Å². The fourth-order valence-corrected chi connectivity index (χ4v) is 4.34. The summed E-state index contributed by atoms with van der Waals surface area (Å²) >= 11 is 3.23. The van der Waals surface area contributed by atoms with Gasteiger partial charge in [-0.2, -0.15) is 0 Å². The predicted molar refractivity (Wildman–Crippen MR) is 93.1 cm³/mol. The van der Waals surface area contributed by atoms with Crippen molar-refractivity contribution in [1.82, 2.24) is 0 Å². The molecule has 0 saturated heterocycles. The fourth-order valence-electron chi connectivity index (χ4n) is 3.80. The van der Waals surface area contributed by atoms with Crippen LogP contribution in [0.25, 0.3) is 0 Å². The number of carboxylic acid groups (broad SMARTS) is 1. The highest BCUT2D eigenvalue weighted by Crippen LogP contribution is 2.72. The Morgan fingerprint density at radius 2 is 1.83 bits per heavy atom. The number of carbonyl (C=O) groups is 1. The number of benzene rings is 2. The van der Waals surface area contributed by atoms with E-state index in [1.165, 1.54) is 6.07 Å². The lowest BCUT2D eigenvalue weighted by molar-refractivity contribution is -0.385. The van der Waals surface area contributed by atoms with E-state index in [0.29, 0.717) is 10.9 Å². The second kappa shape index (κ2) is 6.02. The summed E-state index contributed by atoms with van der Waals surface area (Å²) in [6, 6.07) is 14.4. The number of carboxylic acids is 1. The minimum atomic E-state index is -0.864. The third-order valence-electron chi connectivity index (χ3n) is 5.00. The molecule has 0 amide bonds. The van der Waals surface area contributed by atoms with Gasteiger partial charge in [0.05, 0.1) is 14.8 Å². The molecule has 0 radical (unpaired) electrons. The van der Waals surface area contributed by atoms with E-state index in [9.17, 15) is 20.0 Å². The molecule has 1 fully saturated rings. The number of nitrogens with zero attached hydrogens (tertiary/aromatic N) is 1. The summed E-state index contributed by atoms with van der Waals surface area (Å²) in [4.78, 5) is 22.5. The molecular weight excluding hydrogens is 374 g/mol. The number of rotatable bonds is 5. The molecule has 0 spiro atoms. The Kier molecular flexibility index (Phi) is 4.17. The van der Waals surface area contributed by atoms with Crippen molar-refractivity contribution in [2.24, 2.45) is 5.41 Å². The van der Waals surface area contributed by atoms with Crippen LogP contribution in [-0.2, 0) is 4.79 Å². The predicted octanol–water partition coefficient (Wildman–Crippen LogP) is 4.72. The van der Waals surface area contributed by atoms with Crippen LogP contribution in [-0.4, -0.2) is 16.0 Å². The summed E-state index contributed by atoms with van der Waals surface area (Å²) in [5, 5.41) is 20.8. The summed E-state index contributed by atoms with van der Waals surface area (Å²) in [6.45, 7) is 1.88. The van der Waals surface area contributed by atoms with Crippen LogP contribution < -0.4 is 0 Å². The number of halogens is 1. The molecule has 6 heteroatoms. The van der Waals surface area contributed by atoms with E-state index in [1.807, 2.05) is 37.3 Å². The molecule has 1 aliphatic carbocycles. The summed E-state index contributed by atoms with van der Waals surface area (Å²) in [6.07, 6.45) is 0.501. The highest BCUT2D eigenvalue weighted by molar-refractivity contribution is 9.10. The third kappa shape index (κ3) is 2.41. The zero-order chi connectivity index (χ0) is 17.5. The van der Waals surface area contributed by atoms with Gasteiger partial charge in [-0.25, -0.2) is 0 Å². The number of nitro groups is 1. The van der Waals surface area contributed by atoms with E-state index in [2.05, 4.69) is 15.9 Å². The van der Waals surface area contributed by atoms with Crippen molar-refractivity contribution in [3.63, 3.8) is 0 Å². The molecule has 0 unspecified atom stereocenters. The van der Waals surface area contributed by atoms with Gasteiger partial charge >= 0.3 is 5.97 Å². The smallest absolute Gasteiger partial charge is 0.310 e. The molecule has 3 atom stereocenters. The Balaban J connectivity index is 2.07. The Morgan fingerprint density at radius 1 is 1.21 bits per heavy atom.